The number of nitrogens with zero attached hydrogens (tertiary/aromatic N) is 1. The Morgan fingerprint density at radius 3 is 2.81 bits per heavy atom. The van der Waals surface area contributed by atoms with Crippen LogP contribution < -0.4 is 10.1 Å². The van der Waals surface area contributed by atoms with Crippen LogP contribution in [0.1, 0.15) is 30.6 Å². The molecule has 158 valence electrons. The summed E-state index contributed by atoms with van der Waals surface area (Å²) in [5, 5.41) is 12.6. The summed E-state index contributed by atoms with van der Waals surface area (Å²) < 4.78 is 12.2. The summed E-state index contributed by atoms with van der Waals surface area (Å²) >= 11 is 3.29. The number of phenolic OH excluding ortho intramolecular Hbond substituents is 1. The van der Waals surface area contributed by atoms with Gasteiger partial charge in [0, 0.05) is 16.8 Å². The molecule has 0 fully saturated rings. The predicted octanol–water partition coefficient (Wildman–Crippen LogP) is 6.39. The highest BCUT2D eigenvalue weighted by atomic mass is 79.9. The zero-order valence-electron chi connectivity index (χ0n) is 17.1. The van der Waals surface area contributed by atoms with Crippen LogP contribution in [0, 0.1) is 0 Å². The van der Waals surface area contributed by atoms with Gasteiger partial charge in [-0.25, -0.2) is 4.98 Å². The Morgan fingerprint density at radius 1 is 1.19 bits per heavy atom. The quantitative estimate of drug-likeness (QED) is 0.333. The normalized spacial score (nSPS) is 12.0. The van der Waals surface area contributed by atoms with Crippen LogP contribution >= 0.6 is 15.9 Å². The van der Waals surface area contributed by atoms with Crippen molar-refractivity contribution in [1.29, 1.82) is 0 Å². The fourth-order valence-electron chi connectivity index (χ4n) is 3.00. The molecular formula is C24H21BrN2O4. The number of aromatic hydroxyl groups is 1. The monoisotopic (exact) mass is 480 g/mol. The minimum Gasteiger partial charge on any atom is -0.507 e. The summed E-state index contributed by atoms with van der Waals surface area (Å²) in [6, 6.07) is 17.4. The molecule has 0 saturated heterocycles. The maximum absolute atomic E-state index is 12.7. The first-order valence-corrected chi connectivity index (χ1v) is 10.7. The number of ether oxygens (including phenoxy) is 1. The second-order valence-corrected chi connectivity index (χ2v) is 8.04. The van der Waals surface area contributed by atoms with Gasteiger partial charge in [-0.3, -0.25) is 4.79 Å². The van der Waals surface area contributed by atoms with Crippen molar-refractivity contribution < 1.29 is 19.1 Å². The molecule has 1 aromatic heterocycles. The fourth-order valence-corrected chi connectivity index (χ4v) is 3.38. The molecule has 1 amide bonds. The molecule has 0 saturated carbocycles. The first-order valence-electron chi connectivity index (χ1n) is 9.90. The van der Waals surface area contributed by atoms with Gasteiger partial charge >= 0.3 is 0 Å². The number of rotatable bonds is 6. The molecule has 1 atom stereocenters. The molecular weight excluding hydrogens is 460 g/mol. The van der Waals surface area contributed by atoms with E-state index in [4.69, 9.17) is 9.15 Å². The number of amides is 1. The van der Waals surface area contributed by atoms with Gasteiger partial charge in [0.15, 0.2) is 5.58 Å². The number of benzene rings is 3. The lowest BCUT2D eigenvalue weighted by atomic mass is 10.2. The molecule has 3 aromatic carbocycles. The highest BCUT2D eigenvalue weighted by Gasteiger charge is 2.13. The van der Waals surface area contributed by atoms with Gasteiger partial charge in [0.1, 0.15) is 17.0 Å². The van der Waals surface area contributed by atoms with Gasteiger partial charge in [-0.2, -0.15) is 0 Å². The minimum atomic E-state index is -0.236. The summed E-state index contributed by atoms with van der Waals surface area (Å²) in [6.45, 7) is 4.04. The van der Waals surface area contributed by atoms with Crippen molar-refractivity contribution in [3.05, 3.63) is 70.7 Å². The average Bonchev–Trinajstić information content (AvgIpc) is 3.19. The maximum Gasteiger partial charge on any atom is 0.255 e. The second kappa shape index (κ2) is 8.81. The van der Waals surface area contributed by atoms with Crippen LogP contribution in [0.15, 0.2) is 69.6 Å². The molecule has 31 heavy (non-hydrogen) atoms. The summed E-state index contributed by atoms with van der Waals surface area (Å²) in [5.74, 6) is 0.997. The van der Waals surface area contributed by atoms with Crippen LogP contribution in [0.25, 0.3) is 22.6 Å². The van der Waals surface area contributed by atoms with Crippen LogP contribution in [0.2, 0.25) is 0 Å². The molecule has 0 spiro atoms. The summed E-state index contributed by atoms with van der Waals surface area (Å²) in [5.41, 5.74) is 3.06. The van der Waals surface area contributed by atoms with Gasteiger partial charge in [0.05, 0.1) is 10.6 Å². The lowest BCUT2D eigenvalue weighted by Gasteiger charge is -2.13. The molecule has 0 radical (unpaired) electrons. The summed E-state index contributed by atoms with van der Waals surface area (Å²) in [7, 11) is 0. The van der Waals surface area contributed by atoms with Crippen LogP contribution in [0.4, 0.5) is 5.69 Å². The van der Waals surface area contributed by atoms with E-state index in [-0.39, 0.29) is 17.8 Å². The third-order valence-corrected chi connectivity index (χ3v) is 5.48. The number of nitrogens with one attached hydrogen (secondary N) is 1. The molecule has 6 nitrogen and oxygen atoms in total. The van der Waals surface area contributed by atoms with Crippen LogP contribution in [0.5, 0.6) is 11.5 Å². The first-order chi connectivity index (χ1) is 14.9. The van der Waals surface area contributed by atoms with E-state index < -0.39 is 0 Å². The van der Waals surface area contributed by atoms with Crippen LogP contribution in [0.3, 0.4) is 0 Å². The van der Waals surface area contributed by atoms with Crippen molar-refractivity contribution in [3.63, 3.8) is 0 Å². The Morgan fingerprint density at radius 2 is 2.03 bits per heavy atom. The minimum absolute atomic E-state index is 0.0799. The van der Waals surface area contributed by atoms with E-state index in [0.29, 0.717) is 38.5 Å². The Bertz CT molecular complexity index is 1250. The number of hydrogen-bond donors (Lipinski definition) is 2. The zero-order valence-corrected chi connectivity index (χ0v) is 18.6. The topological polar surface area (TPSA) is 84.6 Å². The van der Waals surface area contributed by atoms with Gasteiger partial charge in [0.2, 0.25) is 5.89 Å². The van der Waals surface area contributed by atoms with Crippen molar-refractivity contribution in [2.24, 2.45) is 0 Å². The molecule has 0 aliphatic heterocycles. The molecule has 4 rings (SSSR count). The molecule has 2 N–H and O–H groups in total. The van der Waals surface area contributed by atoms with Crippen molar-refractivity contribution in [3.8, 4) is 23.0 Å². The van der Waals surface area contributed by atoms with Crippen molar-refractivity contribution in [1.82, 2.24) is 4.98 Å². The number of fused-ring (bicyclic) bond motifs is 1. The summed E-state index contributed by atoms with van der Waals surface area (Å²) in [4.78, 5) is 17.2. The number of carbonyl (C=O) groups is 1. The van der Waals surface area contributed by atoms with Crippen molar-refractivity contribution >= 4 is 38.6 Å². The van der Waals surface area contributed by atoms with Crippen molar-refractivity contribution in [2.75, 3.05) is 5.32 Å². The average molecular weight is 481 g/mol. The van der Waals surface area contributed by atoms with Gasteiger partial charge in [-0.1, -0.05) is 13.0 Å². The Kier molecular flexibility index (Phi) is 5.95. The van der Waals surface area contributed by atoms with E-state index in [1.165, 1.54) is 0 Å². The zero-order chi connectivity index (χ0) is 22.0. The van der Waals surface area contributed by atoms with Gasteiger partial charge < -0.3 is 19.6 Å². The third-order valence-electron chi connectivity index (χ3n) is 4.85. The lowest BCUT2D eigenvalue weighted by Crippen LogP contribution is -2.13. The van der Waals surface area contributed by atoms with Crippen LogP contribution in [-0.4, -0.2) is 22.1 Å². The number of oxazole rings is 1. The van der Waals surface area contributed by atoms with E-state index in [9.17, 15) is 9.90 Å². The summed E-state index contributed by atoms with van der Waals surface area (Å²) in [6.07, 6.45) is 0.966. The fraction of sp³-hybridized carbons (Fsp3) is 0.167. The standard InChI is InChI=1S/C24H21BrN2O4/c1-3-14(2)30-18-6-4-5-15(11-18)23(29)26-17-8-10-22-20(13-17)27-24(31-22)16-7-9-21(28)19(25)12-16/h4-14,28H,3H2,1-2H3,(H,26,29). The van der Waals surface area contributed by atoms with E-state index >= 15 is 0 Å². The number of anilines is 1. The molecule has 4 aromatic rings. The number of halogens is 1. The van der Waals surface area contributed by atoms with Gasteiger partial charge in [0.25, 0.3) is 5.91 Å². The predicted molar refractivity (Wildman–Crippen MR) is 124 cm³/mol. The van der Waals surface area contributed by atoms with Crippen LogP contribution in [-0.2, 0) is 0 Å². The van der Waals surface area contributed by atoms with Crippen molar-refractivity contribution in [2.45, 2.75) is 26.4 Å². The number of aromatic nitrogens is 1. The number of hydrogen-bond acceptors (Lipinski definition) is 5. The number of phenols is 1. The molecule has 0 bridgehead atoms. The Hall–Kier alpha value is -3.32. The van der Waals surface area contributed by atoms with Gasteiger partial charge in [-0.15, -0.1) is 0 Å². The van der Waals surface area contributed by atoms with Gasteiger partial charge in [-0.05, 0) is 83.9 Å². The SMILES string of the molecule is CCC(C)Oc1cccc(C(=O)Nc2ccc3oc(-c4ccc(O)c(Br)c4)nc3c2)c1. The van der Waals surface area contributed by atoms with E-state index in [1.807, 2.05) is 19.9 Å². The smallest absolute Gasteiger partial charge is 0.255 e. The Balaban J connectivity index is 1.54. The largest absolute Gasteiger partial charge is 0.507 e. The lowest BCUT2D eigenvalue weighted by molar-refractivity contribution is 0.102. The van der Waals surface area contributed by atoms with E-state index in [2.05, 4.69) is 26.2 Å². The first kappa shape index (κ1) is 20.9. The highest BCUT2D eigenvalue weighted by molar-refractivity contribution is 9.10. The van der Waals surface area contributed by atoms with E-state index in [0.717, 1.165) is 12.0 Å². The Labute approximate surface area is 188 Å². The highest BCUT2D eigenvalue weighted by Crippen LogP contribution is 2.31. The number of carbonyl (C=O) groups excluding carboxylic acids is 1. The maximum atomic E-state index is 12.7. The molecule has 1 heterocycles. The molecule has 0 aliphatic rings. The third kappa shape index (κ3) is 4.72. The molecule has 7 heteroatoms. The second-order valence-electron chi connectivity index (χ2n) is 7.19. The van der Waals surface area contributed by atoms with E-state index in [1.54, 1.807) is 54.6 Å². The molecule has 1 unspecified atom stereocenters. The molecule has 0 aliphatic carbocycles.